The first-order valence-electron chi connectivity index (χ1n) is 11.9. The van der Waals surface area contributed by atoms with Gasteiger partial charge in [0.25, 0.3) is 0 Å². The van der Waals surface area contributed by atoms with Crippen LogP contribution in [-0.4, -0.2) is 72.7 Å². The summed E-state index contributed by atoms with van der Waals surface area (Å²) >= 11 is 0. The summed E-state index contributed by atoms with van der Waals surface area (Å²) < 4.78 is 15.0. The Labute approximate surface area is 200 Å². The summed E-state index contributed by atoms with van der Waals surface area (Å²) in [5.41, 5.74) is -0.192. The number of nitrogens with zero attached hydrogens (tertiary/aromatic N) is 3. The Morgan fingerprint density at radius 2 is 1.79 bits per heavy atom. The lowest BCUT2D eigenvalue weighted by Crippen LogP contribution is -2.46. The van der Waals surface area contributed by atoms with Crippen molar-refractivity contribution < 1.29 is 18.8 Å². The summed E-state index contributed by atoms with van der Waals surface area (Å²) in [7, 11) is 3.72. The minimum atomic E-state index is -1.51. The smallest absolute Gasteiger partial charge is 0.241 e. The van der Waals surface area contributed by atoms with Crippen LogP contribution in [0, 0.1) is 5.82 Å². The van der Waals surface area contributed by atoms with Crippen molar-refractivity contribution in [1.29, 1.82) is 0 Å². The maximum absolute atomic E-state index is 15.0. The molecule has 0 radical (unpaired) electrons. The fraction of sp³-hybridized carbons (Fsp3) is 0.444. The largest absolute Gasteiger partial charge is 0.342 e. The molecule has 0 aromatic heterocycles. The van der Waals surface area contributed by atoms with E-state index in [1.807, 2.05) is 37.2 Å². The van der Waals surface area contributed by atoms with Crippen molar-refractivity contribution in [3.63, 3.8) is 0 Å². The first-order chi connectivity index (χ1) is 16.3. The first-order valence-corrected chi connectivity index (χ1v) is 11.9. The molecule has 4 rings (SSSR count). The molecule has 0 spiro atoms. The van der Waals surface area contributed by atoms with Crippen molar-refractivity contribution >= 4 is 17.7 Å². The van der Waals surface area contributed by atoms with E-state index in [0.717, 1.165) is 12.8 Å². The molecule has 0 unspecified atom stereocenters. The van der Waals surface area contributed by atoms with Gasteiger partial charge in [0, 0.05) is 50.5 Å². The van der Waals surface area contributed by atoms with Crippen molar-refractivity contribution in [2.24, 2.45) is 0 Å². The van der Waals surface area contributed by atoms with E-state index in [2.05, 4.69) is 12.1 Å². The van der Waals surface area contributed by atoms with Crippen molar-refractivity contribution in [3.8, 4) is 0 Å². The molecular weight excluding hydrogens is 433 g/mol. The van der Waals surface area contributed by atoms with Gasteiger partial charge in [0.1, 0.15) is 5.82 Å². The van der Waals surface area contributed by atoms with Gasteiger partial charge >= 0.3 is 0 Å². The SMILES string of the molecule is CN(C)CCN1C(=O)C[C@@](CC(=O)N2CCC[C@@H](c3ccccc3)C2)(c2ccccc2F)C1=O. The van der Waals surface area contributed by atoms with Gasteiger partial charge in [-0.2, -0.15) is 0 Å². The predicted octanol–water partition coefficient (Wildman–Crippen LogP) is 3.18. The second-order valence-electron chi connectivity index (χ2n) is 9.66. The molecule has 0 aliphatic carbocycles. The highest BCUT2D eigenvalue weighted by atomic mass is 19.1. The fourth-order valence-electron chi connectivity index (χ4n) is 5.19. The van der Waals surface area contributed by atoms with E-state index in [1.165, 1.54) is 22.6 Å². The molecule has 3 amide bonds. The second-order valence-corrected chi connectivity index (χ2v) is 9.66. The Kier molecular flexibility index (Phi) is 7.12. The number of hydrogen-bond acceptors (Lipinski definition) is 4. The third-order valence-electron chi connectivity index (χ3n) is 7.07. The zero-order chi connectivity index (χ0) is 24.3. The number of hydrogen-bond donors (Lipinski definition) is 0. The Bertz CT molecular complexity index is 1060. The Morgan fingerprint density at radius 1 is 1.09 bits per heavy atom. The van der Waals surface area contributed by atoms with Gasteiger partial charge in [-0.25, -0.2) is 4.39 Å². The topological polar surface area (TPSA) is 60.9 Å². The Balaban J connectivity index is 1.61. The van der Waals surface area contributed by atoms with Crippen LogP contribution in [-0.2, 0) is 19.8 Å². The lowest BCUT2D eigenvalue weighted by molar-refractivity contribution is -0.143. The quantitative estimate of drug-likeness (QED) is 0.590. The highest BCUT2D eigenvalue weighted by molar-refractivity contribution is 6.10. The zero-order valence-electron chi connectivity index (χ0n) is 19.9. The van der Waals surface area contributed by atoms with E-state index in [0.29, 0.717) is 19.6 Å². The van der Waals surface area contributed by atoms with E-state index in [9.17, 15) is 18.8 Å². The van der Waals surface area contributed by atoms with Crippen LogP contribution in [0.1, 0.15) is 42.7 Å². The normalized spacial score (nSPS) is 23.1. The van der Waals surface area contributed by atoms with Gasteiger partial charge in [-0.3, -0.25) is 19.3 Å². The first kappa shape index (κ1) is 24.1. The molecule has 0 bridgehead atoms. The summed E-state index contributed by atoms with van der Waals surface area (Å²) in [6, 6.07) is 16.1. The lowest BCUT2D eigenvalue weighted by atomic mass is 9.75. The van der Waals surface area contributed by atoms with E-state index in [-0.39, 0.29) is 42.7 Å². The molecule has 0 saturated carbocycles. The molecular formula is C27H32FN3O3. The number of halogens is 1. The van der Waals surface area contributed by atoms with Crippen LogP contribution in [0.5, 0.6) is 0 Å². The molecule has 180 valence electrons. The molecule has 2 aliphatic heterocycles. The van der Waals surface area contributed by atoms with Gasteiger partial charge in [-0.05, 0) is 38.6 Å². The number of likely N-dealkylation sites (N-methyl/N-ethyl adjacent to an activating group) is 1. The maximum atomic E-state index is 15.0. The highest BCUT2D eigenvalue weighted by Crippen LogP contribution is 2.42. The van der Waals surface area contributed by atoms with Gasteiger partial charge in [0.15, 0.2) is 0 Å². The zero-order valence-corrected chi connectivity index (χ0v) is 19.9. The highest BCUT2D eigenvalue weighted by Gasteiger charge is 2.55. The number of carbonyl (C=O) groups excluding carboxylic acids is 3. The van der Waals surface area contributed by atoms with Crippen molar-refractivity contribution in [3.05, 3.63) is 71.5 Å². The summed E-state index contributed by atoms with van der Waals surface area (Å²) in [6.45, 7) is 1.88. The van der Waals surface area contributed by atoms with E-state index < -0.39 is 17.1 Å². The molecule has 34 heavy (non-hydrogen) atoms. The van der Waals surface area contributed by atoms with Crippen LogP contribution in [0.3, 0.4) is 0 Å². The molecule has 2 saturated heterocycles. The van der Waals surface area contributed by atoms with Crippen molar-refractivity contribution in [2.75, 3.05) is 40.3 Å². The summed E-state index contributed by atoms with van der Waals surface area (Å²) in [6.07, 6.45) is 1.45. The molecule has 7 heteroatoms. The van der Waals surface area contributed by atoms with E-state index in [4.69, 9.17) is 0 Å². The Hall–Kier alpha value is -3.06. The summed E-state index contributed by atoms with van der Waals surface area (Å²) in [5, 5.41) is 0. The van der Waals surface area contributed by atoms with Crippen molar-refractivity contribution in [2.45, 2.75) is 37.0 Å². The molecule has 0 N–H and O–H groups in total. The molecule has 2 aromatic rings. The minimum Gasteiger partial charge on any atom is -0.342 e. The third-order valence-corrected chi connectivity index (χ3v) is 7.07. The van der Waals surface area contributed by atoms with Gasteiger partial charge in [-0.15, -0.1) is 0 Å². The van der Waals surface area contributed by atoms with Crippen LogP contribution in [0.15, 0.2) is 54.6 Å². The number of amides is 3. The molecule has 2 heterocycles. The molecule has 2 fully saturated rings. The van der Waals surface area contributed by atoms with Crippen LogP contribution in [0.2, 0.25) is 0 Å². The monoisotopic (exact) mass is 465 g/mol. The fourth-order valence-corrected chi connectivity index (χ4v) is 5.19. The minimum absolute atomic E-state index is 0.130. The molecule has 2 aromatic carbocycles. The number of likely N-dealkylation sites (tertiary alicyclic amines) is 2. The summed E-state index contributed by atoms with van der Waals surface area (Å²) in [5.74, 6) is -1.38. The average molecular weight is 466 g/mol. The van der Waals surface area contributed by atoms with Gasteiger partial charge in [-0.1, -0.05) is 48.5 Å². The number of rotatable bonds is 7. The van der Waals surface area contributed by atoms with Crippen molar-refractivity contribution in [1.82, 2.24) is 14.7 Å². The standard InChI is InChI=1S/C27H32FN3O3/c1-29(2)15-16-31-25(33)18-27(26(31)34,22-12-6-7-13-23(22)28)17-24(32)30-14-8-11-21(19-30)20-9-4-3-5-10-20/h3-7,9-10,12-13,21H,8,11,14-19H2,1-2H3/t21-,27+/m1/s1. The lowest BCUT2D eigenvalue weighted by Gasteiger charge is -2.36. The van der Waals surface area contributed by atoms with Crippen LogP contribution < -0.4 is 0 Å². The van der Waals surface area contributed by atoms with Crippen LogP contribution >= 0.6 is 0 Å². The second kappa shape index (κ2) is 10.1. The van der Waals surface area contributed by atoms with E-state index in [1.54, 1.807) is 17.0 Å². The van der Waals surface area contributed by atoms with Gasteiger partial charge in [0.05, 0.1) is 5.41 Å². The van der Waals surface area contributed by atoms with Crippen LogP contribution in [0.4, 0.5) is 4.39 Å². The number of carbonyl (C=O) groups is 3. The Morgan fingerprint density at radius 3 is 2.50 bits per heavy atom. The van der Waals surface area contributed by atoms with E-state index >= 15 is 0 Å². The number of imide groups is 1. The summed E-state index contributed by atoms with van der Waals surface area (Å²) in [4.78, 5) is 45.0. The average Bonchev–Trinajstić information content (AvgIpc) is 3.07. The number of benzene rings is 2. The molecule has 6 nitrogen and oxygen atoms in total. The van der Waals surface area contributed by atoms with Gasteiger partial charge in [0.2, 0.25) is 17.7 Å². The van der Waals surface area contributed by atoms with Gasteiger partial charge < -0.3 is 9.80 Å². The predicted molar refractivity (Wildman–Crippen MR) is 128 cm³/mol. The number of piperidine rings is 1. The third kappa shape index (κ3) is 4.75. The molecule has 2 atom stereocenters. The maximum Gasteiger partial charge on any atom is 0.241 e. The molecule has 2 aliphatic rings. The van der Waals surface area contributed by atoms with Crippen LogP contribution in [0.25, 0.3) is 0 Å².